The van der Waals surface area contributed by atoms with Crippen molar-refractivity contribution in [1.29, 1.82) is 0 Å². The first-order valence-electron chi connectivity index (χ1n) is 6.55. The van der Waals surface area contributed by atoms with E-state index in [1.165, 1.54) is 0 Å². The Balaban J connectivity index is 2.63. The maximum atomic E-state index is 10.6. The Morgan fingerprint density at radius 2 is 2.18 bits per heavy atom. The Hall–Kier alpha value is -0.610. The molecule has 1 aliphatic heterocycles. The molecule has 1 rings (SSSR count). The number of carbonyl (C=O) groups is 1. The zero-order chi connectivity index (χ0) is 13.1. The average Bonchev–Trinajstić information content (AvgIpc) is 2.33. The lowest BCUT2D eigenvalue weighted by atomic mass is 9.96. The quantitative estimate of drug-likeness (QED) is 0.788. The lowest BCUT2D eigenvalue weighted by Gasteiger charge is -2.41. The van der Waals surface area contributed by atoms with Crippen LogP contribution in [0.2, 0.25) is 0 Å². The molecule has 17 heavy (non-hydrogen) atoms. The minimum absolute atomic E-state index is 0.194. The Labute approximate surface area is 104 Å². The molecule has 1 fully saturated rings. The fourth-order valence-corrected chi connectivity index (χ4v) is 2.68. The summed E-state index contributed by atoms with van der Waals surface area (Å²) in [6, 6.07) is 0.799. The first-order chi connectivity index (χ1) is 7.83. The van der Waals surface area contributed by atoms with Gasteiger partial charge in [0.05, 0.1) is 0 Å². The Kier molecular flexibility index (Phi) is 4.95. The smallest absolute Gasteiger partial charge is 0.303 e. The molecule has 0 aromatic heterocycles. The van der Waals surface area contributed by atoms with Crippen LogP contribution in [0.5, 0.6) is 0 Å². The van der Waals surface area contributed by atoms with Gasteiger partial charge in [-0.05, 0) is 47.1 Å². The molecule has 0 amide bonds. The highest BCUT2D eigenvalue weighted by Crippen LogP contribution is 2.24. The normalized spacial score (nSPS) is 25.8. The van der Waals surface area contributed by atoms with Gasteiger partial charge >= 0.3 is 5.97 Å². The van der Waals surface area contributed by atoms with Gasteiger partial charge in [-0.1, -0.05) is 0 Å². The average molecular weight is 242 g/mol. The summed E-state index contributed by atoms with van der Waals surface area (Å²) >= 11 is 0. The van der Waals surface area contributed by atoms with Crippen LogP contribution in [0.25, 0.3) is 0 Å². The van der Waals surface area contributed by atoms with E-state index in [0.29, 0.717) is 18.5 Å². The molecular formula is C13H26N2O2. The molecule has 100 valence electrons. The second-order valence-electron chi connectivity index (χ2n) is 5.89. The zero-order valence-electron chi connectivity index (χ0n) is 11.5. The maximum absolute atomic E-state index is 10.6. The summed E-state index contributed by atoms with van der Waals surface area (Å²) < 4.78 is 0. The molecule has 0 aromatic rings. The fourth-order valence-electron chi connectivity index (χ4n) is 2.68. The third kappa shape index (κ3) is 4.28. The monoisotopic (exact) mass is 242 g/mol. The molecule has 1 saturated heterocycles. The second-order valence-corrected chi connectivity index (χ2v) is 5.89. The number of carboxylic acid groups (broad SMARTS) is 1. The molecule has 0 spiro atoms. The van der Waals surface area contributed by atoms with E-state index in [0.717, 1.165) is 19.5 Å². The summed E-state index contributed by atoms with van der Waals surface area (Å²) in [6.07, 6.45) is 2.08. The largest absolute Gasteiger partial charge is 0.481 e. The van der Waals surface area contributed by atoms with E-state index >= 15 is 0 Å². The third-order valence-electron chi connectivity index (χ3n) is 3.69. The van der Waals surface area contributed by atoms with Gasteiger partial charge in [0.1, 0.15) is 0 Å². The lowest BCUT2D eigenvalue weighted by Crippen LogP contribution is -2.50. The van der Waals surface area contributed by atoms with Crippen LogP contribution in [-0.2, 0) is 4.79 Å². The van der Waals surface area contributed by atoms with Crippen LogP contribution >= 0.6 is 0 Å². The summed E-state index contributed by atoms with van der Waals surface area (Å²) in [4.78, 5) is 13.1. The first kappa shape index (κ1) is 14.5. The SMILES string of the molecule is CC(C)N1CC(CCC(=O)O)NCCC1(C)C. The van der Waals surface area contributed by atoms with E-state index in [2.05, 4.69) is 37.9 Å². The Bertz CT molecular complexity index is 264. The van der Waals surface area contributed by atoms with Crippen molar-refractivity contribution in [3.05, 3.63) is 0 Å². The van der Waals surface area contributed by atoms with Crippen molar-refractivity contribution in [3.8, 4) is 0 Å². The minimum Gasteiger partial charge on any atom is -0.481 e. The first-order valence-corrected chi connectivity index (χ1v) is 6.55. The molecule has 4 nitrogen and oxygen atoms in total. The van der Waals surface area contributed by atoms with E-state index in [-0.39, 0.29) is 12.0 Å². The van der Waals surface area contributed by atoms with Crippen LogP contribution in [0.15, 0.2) is 0 Å². The van der Waals surface area contributed by atoms with Crippen molar-refractivity contribution in [2.24, 2.45) is 0 Å². The summed E-state index contributed by atoms with van der Waals surface area (Å²) in [5, 5.41) is 12.2. The van der Waals surface area contributed by atoms with Crippen molar-refractivity contribution in [1.82, 2.24) is 10.2 Å². The highest BCUT2D eigenvalue weighted by Gasteiger charge is 2.33. The van der Waals surface area contributed by atoms with Gasteiger partial charge in [-0.15, -0.1) is 0 Å². The zero-order valence-corrected chi connectivity index (χ0v) is 11.5. The molecule has 2 N–H and O–H groups in total. The number of carboxylic acids is 1. The van der Waals surface area contributed by atoms with Crippen LogP contribution in [0.4, 0.5) is 0 Å². The molecule has 1 atom stereocenters. The van der Waals surface area contributed by atoms with Gasteiger partial charge in [-0.2, -0.15) is 0 Å². The third-order valence-corrected chi connectivity index (χ3v) is 3.69. The summed E-state index contributed by atoms with van der Waals surface area (Å²) in [7, 11) is 0. The minimum atomic E-state index is -0.702. The number of hydrogen-bond acceptors (Lipinski definition) is 3. The fraction of sp³-hybridized carbons (Fsp3) is 0.923. The van der Waals surface area contributed by atoms with Crippen LogP contribution in [0.1, 0.15) is 47.0 Å². The molecule has 0 aliphatic carbocycles. The molecule has 0 saturated carbocycles. The Morgan fingerprint density at radius 3 is 2.71 bits per heavy atom. The highest BCUT2D eigenvalue weighted by molar-refractivity contribution is 5.66. The standard InChI is InChI=1S/C13H26N2O2/c1-10(2)15-9-11(5-6-12(16)17)14-8-7-13(15,3)4/h10-11,14H,5-9H2,1-4H3,(H,16,17). The Morgan fingerprint density at radius 1 is 1.53 bits per heavy atom. The summed E-state index contributed by atoms with van der Waals surface area (Å²) in [5.41, 5.74) is 0.194. The molecule has 1 heterocycles. The molecule has 1 aliphatic rings. The second kappa shape index (κ2) is 5.83. The predicted octanol–water partition coefficient (Wildman–Crippen LogP) is 1.70. The van der Waals surface area contributed by atoms with E-state index in [9.17, 15) is 4.79 Å². The highest BCUT2D eigenvalue weighted by atomic mass is 16.4. The van der Waals surface area contributed by atoms with E-state index in [1.54, 1.807) is 0 Å². The lowest BCUT2D eigenvalue weighted by molar-refractivity contribution is -0.137. The van der Waals surface area contributed by atoms with Gasteiger partial charge in [-0.3, -0.25) is 9.69 Å². The molecule has 0 radical (unpaired) electrons. The van der Waals surface area contributed by atoms with Crippen LogP contribution in [0.3, 0.4) is 0 Å². The number of nitrogens with one attached hydrogen (secondary N) is 1. The summed E-state index contributed by atoms with van der Waals surface area (Å²) in [5.74, 6) is -0.702. The van der Waals surface area contributed by atoms with Crippen LogP contribution in [0, 0.1) is 0 Å². The van der Waals surface area contributed by atoms with Crippen molar-refractivity contribution in [2.45, 2.75) is 64.6 Å². The van der Waals surface area contributed by atoms with Crippen LogP contribution < -0.4 is 5.32 Å². The summed E-state index contributed by atoms with van der Waals surface area (Å²) in [6.45, 7) is 10.9. The van der Waals surface area contributed by atoms with Gasteiger partial charge < -0.3 is 10.4 Å². The van der Waals surface area contributed by atoms with E-state index in [1.807, 2.05) is 0 Å². The number of nitrogens with zero attached hydrogens (tertiary/aromatic N) is 1. The molecule has 0 aromatic carbocycles. The van der Waals surface area contributed by atoms with Gasteiger partial charge in [0.2, 0.25) is 0 Å². The number of hydrogen-bond donors (Lipinski definition) is 2. The van der Waals surface area contributed by atoms with Gasteiger partial charge in [0.25, 0.3) is 0 Å². The van der Waals surface area contributed by atoms with Gasteiger partial charge in [-0.25, -0.2) is 0 Å². The van der Waals surface area contributed by atoms with Crippen molar-refractivity contribution >= 4 is 5.97 Å². The van der Waals surface area contributed by atoms with Gasteiger partial charge in [0, 0.05) is 30.6 Å². The van der Waals surface area contributed by atoms with Crippen molar-refractivity contribution < 1.29 is 9.90 Å². The number of rotatable bonds is 4. The molecule has 1 unspecified atom stereocenters. The maximum Gasteiger partial charge on any atom is 0.303 e. The van der Waals surface area contributed by atoms with Crippen molar-refractivity contribution in [3.63, 3.8) is 0 Å². The molecule has 0 bridgehead atoms. The topological polar surface area (TPSA) is 52.6 Å². The van der Waals surface area contributed by atoms with Gasteiger partial charge in [0.15, 0.2) is 0 Å². The van der Waals surface area contributed by atoms with E-state index < -0.39 is 5.97 Å². The van der Waals surface area contributed by atoms with Crippen molar-refractivity contribution in [2.75, 3.05) is 13.1 Å². The predicted molar refractivity (Wildman–Crippen MR) is 69.2 cm³/mol. The van der Waals surface area contributed by atoms with E-state index in [4.69, 9.17) is 5.11 Å². The molecular weight excluding hydrogens is 216 g/mol. The number of aliphatic carboxylic acids is 1. The van der Waals surface area contributed by atoms with Crippen LogP contribution in [-0.4, -0.2) is 46.7 Å². The molecule has 4 heteroatoms.